The van der Waals surface area contributed by atoms with E-state index in [4.69, 9.17) is 4.74 Å². The molecule has 0 spiro atoms. The fraction of sp³-hybridized carbons (Fsp3) is 0.440. The number of aryl methyl sites for hydroxylation is 2. The van der Waals surface area contributed by atoms with Crippen LogP contribution < -0.4 is 10.1 Å². The maximum atomic E-state index is 13.1. The Bertz CT molecular complexity index is 833. The number of amides is 2. The maximum absolute atomic E-state index is 13.1. The first-order valence-electron chi connectivity index (χ1n) is 10.7. The molecule has 5 heteroatoms. The van der Waals surface area contributed by atoms with Crippen molar-refractivity contribution in [1.82, 2.24) is 10.2 Å². The van der Waals surface area contributed by atoms with Gasteiger partial charge in [0, 0.05) is 12.6 Å². The fourth-order valence-electron chi connectivity index (χ4n) is 3.10. The SMILES string of the molecule is CCc1ccc(OCC(=O)N(Cc2cccc(C)c2)[C@H](C)C(=O)N[C@@H](C)CC)cc1. The molecular weight excluding hydrogens is 376 g/mol. The second-order valence-corrected chi connectivity index (χ2v) is 7.79. The normalized spacial score (nSPS) is 12.7. The second-order valence-electron chi connectivity index (χ2n) is 7.79. The molecule has 2 amide bonds. The van der Waals surface area contributed by atoms with E-state index in [1.54, 1.807) is 11.8 Å². The van der Waals surface area contributed by atoms with Gasteiger partial charge in [0.2, 0.25) is 5.91 Å². The Kier molecular flexibility index (Phi) is 8.90. The van der Waals surface area contributed by atoms with Crippen LogP contribution in [0, 0.1) is 6.92 Å². The average Bonchev–Trinajstić information content (AvgIpc) is 2.75. The number of nitrogens with one attached hydrogen (secondary N) is 1. The van der Waals surface area contributed by atoms with Gasteiger partial charge in [0.25, 0.3) is 5.91 Å². The van der Waals surface area contributed by atoms with E-state index in [-0.39, 0.29) is 24.5 Å². The van der Waals surface area contributed by atoms with Crippen LogP contribution in [0.3, 0.4) is 0 Å². The number of benzene rings is 2. The van der Waals surface area contributed by atoms with Crippen molar-refractivity contribution in [2.75, 3.05) is 6.61 Å². The molecule has 0 heterocycles. The van der Waals surface area contributed by atoms with Crippen molar-refractivity contribution >= 4 is 11.8 Å². The summed E-state index contributed by atoms with van der Waals surface area (Å²) in [5.74, 6) is 0.272. The lowest BCUT2D eigenvalue weighted by atomic mass is 10.1. The molecule has 2 aromatic carbocycles. The third-order valence-electron chi connectivity index (χ3n) is 5.30. The molecule has 162 valence electrons. The zero-order chi connectivity index (χ0) is 22.1. The van der Waals surface area contributed by atoms with Crippen LogP contribution in [0.4, 0.5) is 0 Å². The minimum absolute atomic E-state index is 0.0594. The number of carbonyl (C=O) groups excluding carboxylic acids is 2. The third-order valence-corrected chi connectivity index (χ3v) is 5.30. The van der Waals surface area contributed by atoms with Crippen molar-refractivity contribution in [2.45, 2.75) is 66.1 Å². The Morgan fingerprint density at radius 3 is 2.33 bits per heavy atom. The number of hydrogen-bond acceptors (Lipinski definition) is 3. The highest BCUT2D eigenvalue weighted by Crippen LogP contribution is 2.15. The summed E-state index contributed by atoms with van der Waals surface area (Å²) in [5.41, 5.74) is 3.31. The van der Waals surface area contributed by atoms with Crippen LogP contribution in [-0.2, 0) is 22.6 Å². The highest BCUT2D eigenvalue weighted by atomic mass is 16.5. The van der Waals surface area contributed by atoms with E-state index in [9.17, 15) is 9.59 Å². The molecule has 2 atom stereocenters. The van der Waals surface area contributed by atoms with Gasteiger partial charge in [-0.25, -0.2) is 0 Å². The Labute approximate surface area is 180 Å². The molecule has 0 aliphatic rings. The van der Waals surface area contributed by atoms with Crippen LogP contribution >= 0.6 is 0 Å². The Morgan fingerprint density at radius 2 is 1.73 bits per heavy atom. The third kappa shape index (κ3) is 6.90. The van der Waals surface area contributed by atoms with Crippen LogP contribution in [0.25, 0.3) is 0 Å². The first kappa shape index (κ1) is 23.5. The lowest BCUT2D eigenvalue weighted by Crippen LogP contribution is -2.50. The standard InChI is InChI=1S/C25H34N2O3/c1-6-19(4)26-25(29)20(5)27(16-22-10-8-9-18(3)15-22)24(28)17-30-23-13-11-21(7-2)12-14-23/h8-15,19-20H,6-7,16-17H2,1-5H3,(H,26,29)/t19-,20+/m0/s1. The predicted molar refractivity (Wildman–Crippen MR) is 120 cm³/mol. The first-order chi connectivity index (χ1) is 14.3. The van der Waals surface area contributed by atoms with Gasteiger partial charge < -0.3 is 15.0 Å². The molecule has 0 radical (unpaired) electrons. The van der Waals surface area contributed by atoms with Gasteiger partial charge >= 0.3 is 0 Å². The topological polar surface area (TPSA) is 58.6 Å². The summed E-state index contributed by atoms with van der Waals surface area (Å²) >= 11 is 0. The van der Waals surface area contributed by atoms with Gasteiger partial charge in [0.1, 0.15) is 11.8 Å². The minimum atomic E-state index is -0.599. The van der Waals surface area contributed by atoms with E-state index < -0.39 is 6.04 Å². The van der Waals surface area contributed by atoms with Gasteiger partial charge in [-0.15, -0.1) is 0 Å². The summed E-state index contributed by atoms with van der Waals surface area (Å²) in [5, 5.41) is 2.97. The largest absolute Gasteiger partial charge is 0.484 e. The smallest absolute Gasteiger partial charge is 0.261 e. The monoisotopic (exact) mass is 410 g/mol. The van der Waals surface area contributed by atoms with E-state index in [0.29, 0.717) is 12.3 Å². The van der Waals surface area contributed by atoms with Gasteiger partial charge in [0.05, 0.1) is 0 Å². The molecule has 0 bridgehead atoms. The van der Waals surface area contributed by atoms with Crippen LogP contribution in [0.1, 0.15) is 50.8 Å². The van der Waals surface area contributed by atoms with Crippen LogP contribution in [0.2, 0.25) is 0 Å². The maximum Gasteiger partial charge on any atom is 0.261 e. The van der Waals surface area contributed by atoms with Crippen LogP contribution in [0.15, 0.2) is 48.5 Å². The van der Waals surface area contributed by atoms with E-state index in [1.807, 2.05) is 69.3 Å². The molecule has 2 aromatic rings. The Morgan fingerprint density at radius 1 is 1.03 bits per heavy atom. The van der Waals surface area contributed by atoms with Crippen molar-refractivity contribution in [3.63, 3.8) is 0 Å². The van der Waals surface area contributed by atoms with E-state index in [1.165, 1.54) is 5.56 Å². The molecule has 0 unspecified atom stereocenters. The van der Waals surface area contributed by atoms with Crippen LogP contribution in [0.5, 0.6) is 5.75 Å². The first-order valence-corrected chi connectivity index (χ1v) is 10.7. The highest BCUT2D eigenvalue weighted by molar-refractivity contribution is 5.88. The van der Waals surface area contributed by atoms with Crippen molar-refractivity contribution in [3.8, 4) is 5.75 Å². The zero-order valence-electron chi connectivity index (χ0n) is 18.8. The molecule has 0 saturated heterocycles. The van der Waals surface area contributed by atoms with E-state index in [0.717, 1.165) is 24.0 Å². The Hall–Kier alpha value is -2.82. The Balaban J connectivity index is 2.13. The van der Waals surface area contributed by atoms with Crippen molar-refractivity contribution < 1.29 is 14.3 Å². The number of hydrogen-bond donors (Lipinski definition) is 1. The lowest BCUT2D eigenvalue weighted by molar-refractivity contribution is -0.142. The average molecular weight is 411 g/mol. The molecule has 5 nitrogen and oxygen atoms in total. The van der Waals surface area contributed by atoms with Gasteiger partial charge in [-0.2, -0.15) is 0 Å². The number of nitrogens with zero attached hydrogens (tertiary/aromatic N) is 1. The quantitative estimate of drug-likeness (QED) is 0.636. The summed E-state index contributed by atoms with van der Waals surface area (Å²) in [4.78, 5) is 27.4. The van der Waals surface area contributed by atoms with Gasteiger partial charge in [-0.1, -0.05) is 55.8 Å². The molecule has 0 aliphatic heterocycles. The molecule has 0 aromatic heterocycles. The molecule has 30 heavy (non-hydrogen) atoms. The van der Waals surface area contributed by atoms with Gasteiger partial charge in [-0.3, -0.25) is 9.59 Å². The molecule has 0 fully saturated rings. The lowest BCUT2D eigenvalue weighted by Gasteiger charge is -2.29. The van der Waals surface area contributed by atoms with E-state index in [2.05, 4.69) is 12.2 Å². The number of carbonyl (C=O) groups is 2. The van der Waals surface area contributed by atoms with Crippen molar-refractivity contribution in [2.24, 2.45) is 0 Å². The summed E-state index contributed by atoms with van der Waals surface area (Å²) in [6, 6.07) is 15.2. The highest BCUT2D eigenvalue weighted by Gasteiger charge is 2.27. The summed E-state index contributed by atoms with van der Waals surface area (Å²) < 4.78 is 5.72. The molecule has 2 rings (SSSR count). The zero-order valence-corrected chi connectivity index (χ0v) is 18.8. The molecule has 0 aliphatic carbocycles. The predicted octanol–water partition coefficient (Wildman–Crippen LogP) is 4.27. The second kappa shape index (κ2) is 11.4. The summed E-state index contributed by atoms with van der Waals surface area (Å²) in [7, 11) is 0. The molecule has 0 saturated carbocycles. The van der Waals surface area contributed by atoms with Crippen molar-refractivity contribution in [1.29, 1.82) is 0 Å². The summed E-state index contributed by atoms with van der Waals surface area (Å²) in [6.07, 6.45) is 1.79. The number of ether oxygens (including phenoxy) is 1. The molecule has 1 N–H and O–H groups in total. The van der Waals surface area contributed by atoms with Crippen LogP contribution in [-0.4, -0.2) is 35.4 Å². The van der Waals surface area contributed by atoms with Gasteiger partial charge in [0.15, 0.2) is 6.61 Å². The molecular formula is C25H34N2O3. The number of rotatable bonds is 10. The fourth-order valence-corrected chi connectivity index (χ4v) is 3.10. The van der Waals surface area contributed by atoms with E-state index >= 15 is 0 Å². The minimum Gasteiger partial charge on any atom is -0.484 e. The van der Waals surface area contributed by atoms with Gasteiger partial charge in [-0.05, 0) is 56.9 Å². The van der Waals surface area contributed by atoms with Crippen molar-refractivity contribution in [3.05, 3.63) is 65.2 Å². The summed E-state index contributed by atoms with van der Waals surface area (Å²) in [6.45, 7) is 10.1.